The lowest BCUT2D eigenvalue weighted by molar-refractivity contribution is -0.150. The molecular weight excluding hydrogens is 542 g/mol. The van der Waals surface area contributed by atoms with Crippen LogP contribution in [0.25, 0.3) is 6.08 Å². The van der Waals surface area contributed by atoms with Crippen molar-refractivity contribution in [2.75, 3.05) is 13.7 Å². The van der Waals surface area contributed by atoms with Gasteiger partial charge in [-0.05, 0) is 83.0 Å². The summed E-state index contributed by atoms with van der Waals surface area (Å²) in [6, 6.07) is 8.62. The van der Waals surface area contributed by atoms with Gasteiger partial charge in [0.05, 0.1) is 28.7 Å². The Morgan fingerprint density at radius 2 is 1.89 bits per heavy atom. The fourth-order valence-corrected chi connectivity index (χ4v) is 4.68. The fourth-order valence-electron chi connectivity index (χ4n) is 3.20. The van der Waals surface area contributed by atoms with Crippen LogP contribution in [0.3, 0.4) is 0 Å². The monoisotopic (exact) mass is 563 g/mol. The van der Waals surface area contributed by atoms with Crippen molar-refractivity contribution in [3.8, 4) is 11.5 Å². The van der Waals surface area contributed by atoms with Gasteiger partial charge in [-0.1, -0.05) is 12.1 Å². The highest BCUT2D eigenvalue weighted by atomic mass is 79.9. The predicted molar refractivity (Wildman–Crippen MR) is 132 cm³/mol. The lowest BCUT2D eigenvalue weighted by atomic mass is 10.1. The van der Waals surface area contributed by atoms with Gasteiger partial charge in [0.2, 0.25) is 0 Å². The molecule has 0 bridgehead atoms. The van der Waals surface area contributed by atoms with Crippen LogP contribution in [0.2, 0.25) is 0 Å². The summed E-state index contributed by atoms with van der Waals surface area (Å²) in [7, 11) is 1.47. The van der Waals surface area contributed by atoms with Gasteiger partial charge in [0.15, 0.2) is 11.5 Å². The predicted octanol–water partition coefficient (Wildman–Crippen LogP) is 4.72. The molecule has 1 N–H and O–H groups in total. The molecule has 1 saturated heterocycles. The molecule has 1 aliphatic rings. The van der Waals surface area contributed by atoms with Gasteiger partial charge < -0.3 is 19.3 Å². The van der Waals surface area contributed by atoms with Crippen molar-refractivity contribution in [2.24, 2.45) is 0 Å². The van der Waals surface area contributed by atoms with Gasteiger partial charge in [-0.2, -0.15) is 0 Å². The molecule has 2 aromatic rings. The number of carboxylic acid groups (broad SMARTS) is 1. The van der Waals surface area contributed by atoms with Crippen LogP contribution in [0, 0.1) is 0 Å². The Bertz CT molecular complexity index is 1190. The molecule has 9 nitrogen and oxygen atoms in total. The zero-order valence-corrected chi connectivity index (χ0v) is 21.5. The topological polar surface area (TPSA) is 119 Å². The van der Waals surface area contributed by atoms with Gasteiger partial charge in [0.1, 0.15) is 12.6 Å². The molecule has 0 radical (unpaired) electrons. The number of rotatable bonds is 9. The number of imide groups is 1. The van der Waals surface area contributed by atoms with Crippen molar-refractivity contribution < 1.29 is 38.5 Å². The number of carbonyl (C=O) groups excluding carboxylic acids is 3. The van der Waals surface area contributed by atoms with Gasteiger partial charge in [-0.25, -0.2) is 9.59 Å². The number of esters is 1. The first-order valence-corrected chi connectivity index (χ1v) is 12.0. The normalized spacial score (nSPS) is 15.3. The minimum absolute atomic E-state index is 0.144. The van der Waals surface area contributed by atoms with E-state index >= 15 is 0 Å². The van der Waals surface area contributed by atoms with Crippen molar-refractivity contribution in [3.63, 3.8) is 0 Å². The van der Waals surface area contributed by atoms with Crippen molar-refractivity contribution in [1.29, 1.82) is 0 Å². The van der Waals surface area contributed by atoms with Crippen LogP contribution in [0.15, 0.2) is 45.8 Å². The van der Waals surface area contributed by atoms with Crippen LogP contribution in [0.4, 0.5) is 4.79 Å². The summed E-state index contributed by atoms with van der Waals surface area (Å²) >= 11 is 4.18. The van der Waals surface area contributed by atoms with Crippen molar-refractivity contribution in [3.05, 3.63) is 62.5 Å². The number of hydrogen-bond donors (Lipinski definition) is 1. The van der Waals surface area contributed by atoms with E-state index in [0.29, 0.717) is 21.5 Å². The third-order valence-electron chi connectivity index (χ3n) is 4.97. The Labute approximate surface area is 214 Å². The van der Waals surface area contributed by atoms with Gasteiger partial charge in [0.25, 0.3) is 11.1 Å². The van der Waals surface area contributed by atoms with E-state index in [4.69, 9.17) is 19.3 Å². The third kappa shape index (κ3) is 6.04. The standard InChI is InChI=1S/C24H22BrNO8S/c1-4-33-23(30)13(2)26-21(27)19(35-24(26)31)11-15-9-17(25)20(18(10-15)32-3)34-12-14-5-7-16(8-6-14)22(28)29/h5-11,13H,4,12H2,1-3H3,(H,28,29)/b19-11+/t13-/m1/s1. The number of nitrogens with zero attached hydrogens (tertiary/aromatic N) is 1. The number of thioether (sulfide) groups is 1. The summed E-state index contributed by atoms with van der Waals surface area (Å²) in [5.74, 6) is -1.45. The van der Waals surface area contributed by atoms with E-state index in [9.17, 15) is 19.2 Å². The molecule has 3 rings (SSSR count). The number of hydrogen-bond acceptors (Lipinski definition) is 8. The smallest absolute Gasteiger partial charge is 0.335 e. The summed E-state index contributed by atoms with van der Waals surface area (Å²) < 4.78 is 16.8. The Hall–Kier alpha value is -3.31. The van der Waals surface area contributed by atoms with Crippen molar-refractivity contribution in [1.82, 2.24) is 4.90 Å². The van der Waals surface area contributed by atoms with Crippen molar-refractivity contribution in [2.45, 2.75) is 26.5 Å². The van der Waals surface area contributed by atoms with Crippen LogP contribution < -0.4 is 9.47 Å². The molecule has 0 spiro atoms. The lowest BCUT2D eigenvalue weighted by Crippen LogP contribution is -2.42. The number of carboxylic acids is 1. The number of aromatic carboxylic acids is 1. The Kier molecular flexibility index (Phi) is 8.57. The minimum atomic E-state index is -1.03. The molecule has 2 amide bonds. The molecule has 0 aliphatic carbocycles. The SMILES string of the molecule is CCOC(=O)[C@@H](C)N1C(=O)S/C(=C/c2cc(Br)c(OCc3ccc(C(=O)O)cc3)c(OC)c2)C1=O. The van der Waals surface area contributed by atoms with E-state index in [1.54, 1.807) is 31.2 Å². The molecule has 1 fully saturated rings. The summed E-state index contributed by atoms with van der Waals surface area (Å²) in [5.41, 5.74) is 1.51. The van der Waals surface area contributed by atoms with E-state index in [-0.39, 0.29) is 23.7 Å². The maximum absolute atomic E-state index is 12.8. The number of methoxy groups -OCH3 is 1. The molecule has 0 saturated carbocycles. The highest BCUT2D eigenvalue weighted by Crippen LogP contribution is 2.40. The summed E-state index contributed by atoms with van der Waals surface area (Å²) in [6.07, 6.45) is 1.53. The highest BCUT2D eigenvalue weighted by Gasteiger charge is 2.41. The number of benzene rings is 2. The van der Waals surface area contributed by atoms with Crippen LogP contribution in [0.5, 0.6) is 11.5 Å². The van der Waals surface area contributed by atoms with Crippen molar-refractivity contribution >= 4 is 56.9 Å². The Morgan fingerprint density at radius 3 is 2.49 bits per heavy atom. The average Bonchev–Trinajstić information content (AvgIpc) is 3.10. The second-order valence-corrected chi connectivity index (χ2v) is 9.15. The van der Waals surface area contributed by atoms with E-state index in [0.717, 1.165) is 22.2 Å². The molecule has 184 valence electrons. The molecular formula is C24H22BrNO8S. The zero-order chi connectivity index (χ0) is 25.7. The zero-order valence-electron chi connectivity index (χ0n) is 19.1. The van der Waals surface area contributed by atoms with E-state index in [1.165, 1.54) is 32.2 Å². The molecule has 0 unspecified atom stereocenters. The molecule has 11 heteroatoms. The van der Waals surface area contributed by atoms with Crippen LogP contribution in [-0.2, 0) is 20.9 Å². The second-order valence-electron chi connectivity index (χ2n) is 7.30. The summed E-state index contributed by atoms with van der Waals surface area (Å²) in [5, 5.41) is 8.46. The summed E-state index contributed by atoms with van der Waals surface area (Å²) in [6.45, 7) is 3.40. The number of halogens is 1. The lowest BCUT2D eigenvalue weighted by Gasteiger charge is -2.19. The Morgan fingerprint density at radius 1 is 1.20 bits per heavy atom. The molecule has 1 heterocycles. The van der Waals surface area contributed by atoms with Crippen LogP contribution in [-0.4, -0.2) is 52.8 Å². The first kappa shape index (κ1) is 26.3. The molecule has 1 atom stereocenters. The summed E-state index contributed by atoms with van der Waals surface area (Å²) in [4.78, 5) is 49.2. The highest BCUT2D eigenvalue weighted by molar-refractivity contribution is 9.10. The van der Waals surface area contributed by atoms with Crippen LogP contribution >= 0.6 is 27.7 Å². The van der Waals surface area contributed by atoms with Gasteiger partial charge in [-0.3, -0.25) is 14.5 Å². The van der Waals surface area contributed by atoms with E-state index in [2.05, 4.69) is 15.9 Å². The minimum Gasteiger partial charge on any atom is -0.493 e. The largest absolute Gasteiger partial charge is 0.493 e. The number of amides is 2. The number of carbonyl (C=O) groups is 4. The number of ether oxygens (including phenoxy) is 3. The first-order valence-electron chi connectivity index (χ1n) is 10.4. The molecule has 2 aromatic carbocycles. The van der Waals surface area contributed by atoms with Gasteiger partial charge in [-0.15, -0.1) is 0 Å². The third-order valence-corrected chi connectivity index (χ3v) is 6.44. The second kappa shape index (κ2) is 11.4. The van der Waals surface area contributed by atoms with Crippen LogP contribution in [0.1, 0.15) is 35.3 Å². The van der Waals surface area contributed by atoms with Gasteiger partial charge in [0, 0.05) is 0 Å². The first-order chi connectivity index (χ1) is 16.7. The van der Waals surface area contributed by atoms with Gasteiger partial charge >= 0.3 is 11.9 Å². The maximum atomic E-state index is 12.8. The Balaban J connectivity index is 1.79. The molecule has 35 heavy (non-hydrogen) atoms. The van der Waals surface area contributed by atoms with E-state index in [1.807, 2.05) is 0 Å². The molecule has 1 aliphatic heterocycles. The fraction of sp³-hybridized carbons (Fsp3) is 0.250. The van der Waals surface area contributed by atoms with E-state index < -0.39 is 29.1 Å². The maximum Gasteiger partial charge on any atom is 0.335 e. The quantitative estimate of drug-likeness (QED) is 0.341. The average molecular weight is 564 g/mol. The molecule has 0 aromatic heterocycles.